The Morgan fingerprint density at radius 2 is 1.76 bits per heavy atom. The number of aromatic carboxylic acids is 1. The van der Waals surface area contributed by atoms with Crippen LogP contribution in [0, 0.1) is 11.2 Å². The van der Waals surface area contributed by atoms with Gasteiger partial charge in [0.1, 0.15) is 11.6 Å². The molecule has 2 aliphatic rings. The average molecular weight is 460 g/mol. The van der Waals surface area contributed by atoms with E-state index in [1.54, 1.807) is 18.2 Å². The van der Waals surface area contributed by atoms with Gasteiger partial charge in [0.05, 0.1) is 0 Å². The fourth-order valence-corrected chi connectivity index (χ4v) is 5.22. The van der Waals surface area contributed by atoms with Crippen molar-refractivity contribution in [3.8, 4) is 0 Å². The zero-order chi connectivity index (χ0) is 23.5. The number of benzene rings is 2. The molecule has 2 heterocycles. The fourth-order valence-electron chi connectivity index (χ4n) is 5.22. The van der Waals surface area contributed by atoms with E-state index in [0.717, 1.165) is 56.7 Å². The standard InChI is InChI=1S/C28H30FN3O2/c29-22-11-9-20(10-12-22)18-28(19-30-25-17-23(25)21-5-2-1-3-6-21)13-15-32(16-14-28)26-8-4-7-24(31-26)27(33)34/h1-12,23,25,30H,13-19H2,(H,33,34)/t23?,25-/m1/s1. The first-order valence-corrected chi connectivity index (χ1v) is 12.0. The summed E-state index contributed by atoms with van der Waals surface area (Å²) in [4.78, 5) is 17.8. The molecule has 3 aromatic rings. The van der Waals surface area contributed by atoms with E-state index in [9.17, 15) is 14.3 Å². The van der Waals surface area contributed by atoms with Crippen molar-refractivity contribution in [2.45, 2.75) is 37.6 Å². The van der Waals surface area contributed by atoms with E-state index in [2.05, 4.69) is 45.5 Å². The molecule has 5 nitrogen and oxygen atoms in total. The molecule has 0 radical (unpaired) electrons. The van der Waals surface area contributed by atoms with Gasteiger partial charge in [0.15, 0.2) is 5.69 Å². The van der Waals surface area contributed by atoms with Crippen LogP contribution in [0.4, 0.5) is 10.2 Å². The second-order valence-corrected chi connectivity index (χ2v) is 9.72. The topological polar surface area (TPSA) is 65.5 Å². The summed E-state index contributed by atoms with van der Waals surface area (Å²) in [5.41, 5.74) is 2.68. The Labute approximate surface area is 199 Å². The van der Waals surface area contributed by atoms with Crippen molar-refractivity contribution in [3.05, 3.63) is 95.4 Å². The monoisotopic (exact) mass is 459 g/mol. The first kappa shape index (κ1) is 22.5. The van der Waals surface area contributed by atoms with Crippen LogP contribution in [-0.2, 0) is 6.42 Å². The number of rotatable bonds is 8. The Hall–Kier alpha value is -3.25. The lowest BCUT2D eigenvalue weighted by Gasteiger charge is -2.43. The van der Waals surface area contributed by atoms with Crippen LogP contribution >= 0.6 is 0 Å². The Kier molecular flexibility index (Phi) is 6.33. The molecule has 1 aliphatic heterocycles. The highest BCUT2D eigenvalue weighted by atomic mass is 19.1. The SMILES string of the molecule is O=C(O)c1cccc(N2CCC(CN[C@@H]3CC3c3ccccc3)(Cc3ccc(F)cc3)CC2)n1. The van der Waals surface area contributed by atoms with Gasteiger partial charge in [-0.1, -0.05) is 48.5 Å². The van der Waals surface area contributed by atoms with Gasteiger partial charge in [0.2, 0.25) is 0 Å². The van der Waals surface area contributed by atoms with Crippen molar-refractivity contribution >= 4 is 11.8 Å². The highest BCUT2D eigenvalue weighted by Gasteiger charge is 2.41. The molecular formula is C28H30FN3O2. The molecule has 2 fully saturated rings. The predicted molar refractivity (Wildman–Crippen MR) is 131 cm³/mol. The fraction of sp³-hybridized carbons (Fsp3) is 0.357. The molecule has 2 N–H and O–H groups in total. The third-order valence-corrected chi connectivity index (χ3v) is 7.35. The van der Waals surface area contributed by atoms with E-state index in [-0.39, 0.29) is 16.9 Å². The van der Waals surface area contributed by atoms with Gasteiger partial charge >= 0.3 is 5.97 Å². The molecule has 0 amide bonds. The van der Waals surface area contributed by atoms with Gasteiger partial charge in [-0.15, -0.1) is 0 Å². The van der Waals surface area contributed by atoms with E-state index in [1.165, 1.54) is 11.6 Å². The summed E-state index contributed by atoms with van der Waals surface area (Å²) in [7, 11) is 0. The van der Waals surface area contributed by atoms with Gasteiger partial charge in [-0.25, -0.2) is 14.2 Å². The van der Waals surface area contributed by atoms with Gasteiger partial charge in [-0.2, -0.15) is 0 Å². The molecule has 5 rings (SSSR count). The highest BCUT2D eigenvalue weighted by Crippen LogP contribution is 2.42. The zero-order valence-corrected chi connectivity index (χ0v) is 19.2. The molecule has 1 unspecified atom stereocenters. The van der Waals surface area contributed by atoms with Crippen LogP contribution in [0.15, 0.2) is 72.8 Å². The van der Waals surface area contributed by atoms with Gasteiger partial charge < -0.3 is 15.3 Å². The Bertz CT molecular complexity index is 1130. The maximum absolute atomic E-state index is 13.5. The molecule has 1 aliphatic carbocycles. The predicted octanol–water partition coefficient (Wildman–Crippen LogP) is 4.89. The van der Waals surface area contributed by atoms with Crippen molar-refractivity contribution in [3.63, 3.8) is 0 Å². The smallest absolute Gasteiger partial charge is 0.354 e. The van der Waals surface area contributed by atoms with Crippen molar-refractivity contribution in [2.24, 2.45) is 5.41 Å². The molecule has 2 aromatic carbocycles. The minimum Gasteiger partial charge on any atom is -0.477 e. The van der Waals surface area contributed by atoms with Crippen molar-refractivity contribution in [2.75, 3.05) is 24.5 Å². The number of pyridine rings is 1. The lowest BCUT2D eigenvalue weighted by atomic mass is 9.73. The van der Waals surface area contributed by atoms with Crippen LogP contribution in [0.5, 0.6) is 0 Å². The van der Waals surface area contributed by atoms with Gasteiger partial charge in [-0.05, 0) is 66.5 Å². The number of halogens is 1. The van der Waals surface area contributed by atoms with Gasteiger partial charge in [0, 0.05) is 31.6 Å². The number of aromatic nitrogens is 1. The Balaban J connectivity index is 1.28. The van der Waals surface area contributed by atoms with Crippen LogP contribution in [0.3, 0.4) is 0 Å². The molecule has 176 valence electrons. The Morgan fingerprint density at radius 1 is 1.03 bits per heavy atom. The summed E-state index contributed by atoms with van der Waals surface area (Å²) in [6.45, 7) is 2.53. The number of hydrogen-bond donors (Lipinski definition) is 2. The van der Waals surface area contributed by atoms with Crippen LogP contribution in [0.2, 0.25) is 0 Å². The van der Waals surface area contributed by atoms with Crippen LogP contribution < -0.4 is 10.2 Å². The number of piperidine rings is 1. The third-order valence-electron chi connectivity index (χ3n) is 7.35. The number of nitrogens with one attached hydrogen (secondary N) is 1. The van der Waals surface area contributed by atoms with Crippen molar-refractivity contribution < 1.29 is 14.3 Å². The highest BCUT2D eigenvalue weighted by molar-refractivity contribution is 5.85. The summed E-state index contributed by atoms with van der Waals surface area (Å²) < 4.78 is 13.5. The van der Waals surface area contributed by atoms with Crippen LogP contribution in [0.25, 0.3) is 0 Å². The maximum Gasteiger partial charge on any atom is 0.354 e. The summed E-state index contributed by atoms with van der Waals surface area (Å²) in [5.74, 6) is 0.0756. The van der Waals surface area contributed by atoms with Crippen molar-refractivity contribution in [1.82, 2.24) is 10.3 Å². The van der Waals surface area contributed by atoms with E-state index >= 15 is 0 Å². The second kappa shape index (κ2) is 9.55. The van der Waals surface area contributed by atoms with Crippen molar-refractivity contribution in [1.29, 1.82) is 0 Å². The maximum atomic E-state index is 13.5. The first-order chi connectivity index (χ1) is 16.5. The van der Waals surface area contributed by atoms with Crippen LogP contribution in [-0.4, -0.2) is 41.7 Å². The van der Waals surface area contributed by atoms with E-state index in [0.29, 0.717) is 12.0 Å². The number of carbonyl (C=O) groups is 1. The van der Waals surface area contributed by atoms with Crippen LogP contribution in [0.1, 0.15) is 46.8 Å². The lowest BCUT2D eigenvalue weighted by Crippen LogP contribution is -2.47. The number of hydrogen-bond acceptors (Lipinski definition) is 4. The quantitative estimate of drug-likeness (QED) is 0.502. The summed E-state index contributed by atoms with van der Waals surface area (Å²) in [5, 5.41) is 13.1. The molecule has 34 heavy (non-hydrogen) atoms. The minimum absolute atomic E-state index is 0.0581. The summed E-state index contributed by atoms with van der Waals surface area (Å²) in [6, 6.07) is 23.2. The molecule has 2 atom stereocenters. The minimum atomic E-state index is -1.01. The molecule has 1 aromatic heterocycles. The molecule has 0 spiro atoms. The summed E-state index contributed by atoms with van der Waals surface area (Å²) in [6.07, 6.45) is 3.96. The van der Waals surface area contributed by atoms with Gasteiger partial charge in [0.25, 0.3) is 0 Å². The summed E-state index contributed by atoms with van der Waals surface area (Å²) >= 11 is 0. The van der Waals surface area contributed by atoms with E-state index in [4.69, 9.17) is 0 Å². The Morgan fingerprint density at radius 3 is 2.47 bits per heavy atom. The van der Waals surface area contributed by atoms with Gasteiger partial charge in [-0.3, -0.25) is 0 Å². The number of carboxylic acid groups (broad SMARTS) is 1. The third kappa shape index (κ3) is 5.12. The van der Waals surface area contributed by atoms with E-state index in [1.807, 2.05) is 18.2 Å². The largest absolute Gasteiger partial charge is 0.477 e. The number of nitrogens with zero attached hydrogens (tertiary/aromatic N) is 2. The molecule has 1 saturated heterocycles. The lowest BCUT2D eigenvalue weighted by molar-refractivity contribution is 0.0690. The molecule has 6 heteroatoms. The average Bonchev–Trinajstić information content (AvgIpc) is 3.65. The molecule has 1 saturated carbocycles. The molecular weight excluding hydrogens is 429 g/mol. The molecule has 0 bridgehead atoms. The second-order valence-electron chi connectivity index (χ2n) is 9.72. The number of carboxylic acids is 1. The van der Waals surface area contributed by atoms with E-state index < -0.39 is 5.97 Å². The number of anilines is 1. The zero-order valence-electron chi connectivity index (χ0n) is 19.2. The normalized spacial score (nSPS) is 21.3. The first-order valence-electron chi connectivity index (χ1n) is 12.0.